The van der Waals surface area contributed by atoms with Crippen LogP contribution in [0.1, 0.15) is 21.5 Å². The van der Waals surface area contributed by atoms with Crippen LogP contribution in [0, 0.1) is 0 Å². The molecule has 1 amide bonds. The van der Waals surface area contributed by atoms with Gasteiger partial charge in [-0.3, -0.25) is 4.79 Å². The summed E-state index contributed by atoms with van der Waals surface area (Å²) in [4.78, 5) is 21.7. The molecular formula is C20H17F3N4O2. The molecule has 6 nitrogen and oxygen atoms in total. The van der Waals surface area contributed by atoms with Crippen molar-refractivity contribution in [2.24, 2.45) is 0 Å². The van der Waals surface area contributed by atoms with E-state index in [1.54, 1.807) is 24.7 Å². The molecule has 0 N–H and O–H groups in total. The number of alkyl halides is 3. The van der Waals surface area contributed by atoms with Crippen molar-refractivity contribution in [1.82, 2.24) is 19.4 Å². The predicted molar refractivity (Wildman–Crippen MR) is 97.3 cm³/mol. The Labute approximate surface area is 164 Å². The second-order valence-electron chi connectivity index (χ2n) is 6.74. The lowest BCUT2D eigenvalue weighted by molar-refractivity contribution is -0.140. The first-order valence-corrected chi connectivity index (χ1v) is 8.93. The van der Waals surface area contributed by atoms with Crippen LogP contribution in [-0.2, 0) is 12.7 Å². The second kappa shape index (κ2) is 7.57. The van der Waals surface area contributed by atoms with E-state index in [-0.39, 0.29) is 19.0 Å². The molecule has 0 spiro atoms. The Bertz CT molecular complexity index is 982. The Morgan fingerprint density at radius 3 is 2.55 bits per heavy atom. The molecular weight excluding hydrogens is 385 g/mol. The van der Waals surface area contributed by atoms with Gasteiger partial charge in [0.15, 0.2) is 0 Å². The average Bonchev–Trinajstić information content (AvgIpc) is 3.17. The van der Waals surface area contributed by atoms with E-state index >= 15 is 0 Å². The number of aromatic nitrogens is 3. The minimum Gasteiger partial charge on any atom is -0.470 e. The standard InChI is InChI=1S/C20H17F3N4O2/c21-20(22,23)17-2-1-7-25-18(17)29-16-11-27(12-16)19(28)15-5-3-14(4-6-15)10-26-9-8-24-13-26/h1-9,13,16H,10-12H2. The summed E-state index contributed by atoms with van der Waals surface area (Å²) in [6.07, 6.45) is 1.45. The summed E-state index contributed by atoms with van der Waals surface area (Å²) >= 11 is 0. The molecule has 150 valence electrons. The van der Waals surface area contributed by atoms with Crippen molar-refractivity contribution >= 4 is 5.91 Å². The van der Waals surface area contributed by atoms with E-state index < -0.39 is 23.7 Å². The fourth-order valence-electron chi connectivity index (χ4n) is 3.06. The molecule has 0 unspecified atom stereocenters. The minimum absolute atomic E-state index is 0.184. The molecule has 0 aliphatic carbocycles. The predicted octanol–water partition coefficient (Wildman–Crippen LogP) is 3.25. The molecule has 3 aromatic rings. The Balaban J connectivity index is 1.34. The number of ether oxygens (including phenoxy) is 1. The van der Waals surface area contributed by atoms with E-state index in [0.29, 0.717) is 12.1 Å². The highest BCUT2D eigenvalue weighted by Crippen LogP contribution is 2.35. The van der Waals surface area contributed by atoms with Gasteiger partial charge in [0.25, 0.3) is 5.91 Å². The van der Waals surface area contributed by atoms with Crippen LogP contribution in [0.5, 0.6) is 5.88 Å². The van der Waals surface area contributed by atoms with E-state index in [4.69, 9.17) is 4.74 Å². The van der Waals surface area contributed by atoms with Crippen LogP contribution >= 0.6 is 0 Å². The number of hydrogen-bond acceptors (Lipinski definition) is 4. The number of rotatable bonds is 5. The third-order valence-corrected chi connectivity index (χ3v) is 4.62. The highest BCUT2D eigenvalue weighted by molar-refractivity contribution is 5.94. The molecule has 29 heavy (non-hydrogen) atoms. The smallest absolute Gasteiger partial charge is 0.421 e. The van der Waals surface area contributed by atoms with Gasteiger partial charge in [-0.2, -0.15) is 13.2 Å². The lowest BCUT2D eigenvalue weighted by Crippen LogP contribution is -2.56. The minimum atomic E-state index is -4.54. The zero-order valence-corrected chi connectivity index (χ0v) is 15.2. The fraction of sp³-hybridized carbons (Fsp3) is 0.250. The van der Waals surface area contributed by atoms with Crippen molar-refractivity contribution in [3.8, 4) is 5.88 Å². The molecule has 1 aromatic carbocycles. The quantitative estimate of drug-likeness (QED) is 0.658. The molecule has 1 aliphatic heterocycles. The number of carbonyl (C=O) groups excluding carboxylic acids is 1. The van der Waals surface area contributed by atoms with Gasteiger partial charge in [-0.05, 0) is 29.8 Å². The first-order chi connectivity index (χ1) is 13.9. The van der Waals surface area contributed by atoms with Crippen LogP contribution in [0.2, 0.25) is 0 Å². The summed E-state index contributed by atoms with van der Waals surface area (Å²) in [5.41, 5.74) is 0.629. The number of benzene rings is 1. The maximum absolute atomic E-state index is 13.0. The van der Waals surface area contributed by atoms with Crippen molar-refractivity contribution in [2.75, 3.05) is 13.1 Å². The summed E-state index contributed by atoms with van der Waals surface area (Å²) in [6.45, 7) is 1.08. The van der Waals surface area contributed by atoms with Crippen LogP contribution in [0.3, 0.4) is 0 Å². The van der Waals surface area contributed by atoms with Gasteiger partial charge in [0.1, 0.15) is 11.7 Å². The van der Waals surface area contributed by atoms with Crippen molar-refractivity contribution in [3.05, 3.63) is 78.0 Å². The van der Waals surface area contributed by atoms with Gasteiger partial charge < -0.3 is 14.2 Å². The van der Waals surface area contributed by atoms with Gasteiger partial charge in [0.05, 0.1) is 19.4 Å². The number of carbonyl (C=O) groups is 1. The monoisotopic (exact) mass is 402 g/mol. The van der Waals surface area contributed by atoms with Crippen molar-refractivity contribution in [1.29, 1.82) is 0 Å². The lowest BCUT2D eigenvalue weighted by atomic mass is 10.1. The molecule has 1 saturated heterocycles. The molecule has 9 heteroatoms. The largest absolute Gasteiger partial charge is 0.470 e. The highest BCUT2D eigenvalue weighted by atomic mass is 19.4. The molecule has 1 aliphatic rings. The number of hydrogen-bond donors (Lipinski definition) is 0. The van der Waals surface area contributed by atoms with Crippen LogP contribution in [-0.4, -0.2) is 44.5 Å². The van der Waals surface area contributed by atoms with Crippen LogP contribution in [0.25, 0.3) is 0 Å². The molecule has 0 saturated carbocycles. The number of nitrogens with zero attached hydrogens (tertiary/aromatic N) is 4. The fourth-order valence-corrected chi connectivity index (χ4v) is 3.06. The molecule has 0 atom stereocenters. The maximum Gasteiger partial charge on any atom is 0.421 e. The first kappa shape index (κ1) is 19.0. The van der Waals surface area contributed by atoms with E-state index in [1.165, 1.54) is 17.2 Å². The van der Waals surface area contributed by atoms with Crippen molar-refractivity contribution < 1.29 is 22.7 Å². The summed E-state index contributed by atoms with van der Waals surface area (Å²) < 4.78 is 46.3. The summed E-state index contributed by atoms with van der Waals surface area (Å²) in [5.74, 6) is -0.642. The zero-order chi connectivity index (χ0) is 20.4. The first-order valence-electron chi connectivity index (χ1n) is 8.93. The Morgan fingerprint density at radius 1 is 1.14 bits per heavy atom. The number of imidazole rings is 1. The topological polar surface area (TPSA) is 60.2 Å². The van der Waals surface area contributed by atoms with Gasteiger partial charge in [0, 0.05) is 30.7 Å². The SMILES string of the molecule is O=C(c1ccc(Cn2ccnc2)cc1)N1CC(Oc2ncccc2C(F)(F)F)C1. The molecule has 1 fully saturated rings. The van der Waals surface area contributed by atoms with Crippen molar-refractivity contribution in [3.63, 3.8) is 0 Å². The summed E-state index contributed by atoms with van der Waals surface area (Å²) in [7, 11) is 0. The molecule has 2 aromatic heterocycles. The van der Waals surface area contributed by atoms with E-state index in [1.807, 2.05) is 22.9 Å². The third-order valence-electron chi connectivity index (χ3n) is 4.62. The van der Waals surface area contributed by atoms with Crippen LogP contribution < -0.4 is 4.74 Å². The number of likely N-dealkylation sites (tertiary alicyclic amines) is 1. The lowest BCUT2D eigenvalue weighted by Gasteiger charge is -2.39. The Hall–Kier alpha value is -3.36. The van der Waals surface area contributed by atoms with E-state index in [2.05, 4.69) is 9.97 Å². The van der Waals surface area contributed by atoms with E-state index in [9.17, 15) is 18.0 Å². The average molecular weight is 402 g/mol. The summed E-state index contributed by atoms with van der Waals surface area (Å²) in [6, 6.07) is 9.35. The molecule has 3 heterocycles. The van der Waals surface area contributed by atoms with Gasteiger partial charge in [-0.1, -0.05) is 12.1 Å². The normalized spacial score (nSPS) is 14.5. The highest BCUT2D eigenvalue weighted by Gasteiger charge is 2.38. The van der Waals surface area contributed by atoms with Crippen LogP contribution in [0.15, 0.2) is 61.3 Å². The van der Waals surface area contributed by atoms with Crippen LogP contribution in [0.4, 0.5) is 13.2 Å². The number of halogens is 3. The second-order valence-corrected chi connectivity index (χ2v) is 6.74. The third kappa shape index (κ3) is 4.23. The maximum atomic E-state index is 13.0. The molecule has 0 bridgehead atoms. The van der Waals surface area contributed by atoms with Gasteiger partial charge in [-0.15, -0.1) is 0 Å². The zero-order valence-electron chi connectivity index (χ0n) is 15.2. The Kier molecular flexibility index (Phi) is 4.96. The molecule has 0 radical (unpaired) electrons. The van der Waals surface area contributed by atoms with Gasteiger partial charge in [-0.25, -0.2) is 9.97 Å². The van der Waals surface area contributed by atoms with Gasteiger partial charge >= 0.3 is 6.18 Å². The Morgan fingerprint density at radius 2 is 1.90 bits per heavy atom. The van der Waals surface area contributed by atoms with Crippen molar-refractivity contribution in [2.45, 2.75) is 18.8 Å². The number of amides is 1. The molecule has 4 rings (SSSR count). The summed E-state index contributed by atoms with van der Waals surface area (Å²) in [5, 5.41) is 0. The van der Waals surface area contributed by atoms with E-state index in [0.717, 1.165) is 11.6 Å². The van der Waals surface area contributed by atoms with Gasteiger partial charge in [0.2, 0.25) is 5.88 Å². The number of pyridine rings is 1.